The number of nitrogens with one attached hydrogen (secondary N) is 1. The molecule has 0 spiro atoms. The SMILES string of the molecule is C[Si]O[Si](C)(C)O[Si](C)(C)CCCNCCN. The van der Waals surface area contributed by atoms with Crippen molar-refractivity contribution < 1.29 is 8.23 Å². The first-order chi connectivity index (χ1) is 7.83. The first kappa shape index (κ1) is 17.5. The molecular weight excluding hydrogens is 264 g/mol. The highest BCUT2D eigenvalue weighted by atomic mass is 28.5. The summed E-state index contributed by atoms with van der Waals surface area (Å²) in [4.78, 5) is 0. The molecule has 0 rings (SSSR count). The van der Waals surface area contributed by atoms with Crippen LogP contribution in [0.5, 0.6) is 0 Å². The van der Waals surface area contributed by atoms with Crippen LogP contribution in [0.2, 0.25) is 38.8 Å². The van der Waals surface area contributed by atoms with E-state index in [4.69, 9.17) is 14.0 Å². The van der Waals surface area contributed by atoms with Gasteiger partial charge in [-0.25, -0.2) is 0 Å². The molecule has 0 atom stereocenters. The molecule has 0 saturated heterocycles. The van der Waals surface area contributed by atoms with Gasteiger partial charge in [-0.15, -0.1) is 0 Å². The average molecular weight is 293 g/mol. The van der Waals surface area contributed by atoms with Gasteiger partial charge in [-0.3, -0.25) is 0 Å². The van der Waals surface area contributed by atoms with Crippen LogP contribution < -0.4 is 11.1 Å². The molecule has 102 valence electrons. The summed E-state index contributed by atoms with van der Waals surface area (Å²) in [6, 6.07) is 1.18. The quantitative estimate of drug-likeness (QED) is 0.474. The molecule has 4 nitrogen and oxygen atoms in total. The van der Waals surface area contributed by atoms with E-state index in [9.17, 15) is 0 Å². The normalized spacial score (nSPS) is 13.1. The van der Waals surface area contributed by atoms with E-state index < -0.39 is 16.9 Å². The summed E-state index contributed by atoms with van der Waals surface area (Å²) in [5, 5.41) is 3.32. The molecule has 0 aliphatic heterocycles. The summed E-state index contributed by atoms with van der Waals surface area (Å²) in [6.45, 7) is 13.6. The van der Waals surface area contributed by atoms with Gasteiger partial charge in [0.1, 0.15) is 0 Å². The lowest BCUT2D eigenvalue weighted by Gasteiger charge is -2.33. The predicted molar refractivity (Wildman–Crippen MR) is 80.1 cm³/mol. The highest BCUT2D eigenvalue weighted by molar-refractivity contribution is 6.83. The second-order valence-electron chi connectivity index (χ2n) is 5.21. The van der Waals surface area contributed by atoms with Crippen LogP contribution in [0.3, 0.4) is 0 Å². The van der Waals surface area contributed by atoms with Crippen LogP contribution in [0.15, 0.2) is 0 Å². The van der Waals surface area contributed by atoms with E-state index >= 15 is 0 Å². The van der Waals surface area contributed by atoms with Gasteiger partial charge in [-0.2, -0.15) is 0 Å². The summed E-state index contributed by atoms with van der Waals surface area (Å²) >= 11 is 0. The van der Waals surface area contributed by atoms with Crippen molar-refractivity contribution in [2.75, 3.05) is 19.6 Å². The topological polar surface area (TPSA) is 56.5 Å². The maximum absolute atomic E-state index is 6.28. The van der Waals surface area contributed by atoms with Crippen molar-refractivity contribution in [2.45, 2.75) is 45.2 Å². The molecule has 0 aromatic carbocycles. The lowest BCUT2D eigenvalue weighted by molar-refractivity contribution is 0.406. The van der Waals surface area contributed by atoms with E-state index in [2.05, 4.69) is 38.1 Å². The molecular formula is C10H28N2O2Si3. The molecule has 0 fully saturated rings. The van der Waals surface area contributed by atoms with Crippen molar-refractivity contribution in [3.05, 3.63) is 0 Å². The molecule has 0 aliphatic carbocycles. The Bertz CT molecular complexity index is 204. The van der Waals surface area contributed by atoms with Crippen molar-refractivity contribution in [1.29, 1.82) is 0 Å². The maximum Gasteiger partial charge on any atom is 0.310 e. The average Bonchev–Trinajstić information content (AvgIpc) is 2.15. The van der Waals surface area contributed by atoms with Crippen LogP contribution >= 0.6 is 0 Å². The number of nitrogens with two attached hydrogens (primary N) is 1. The van der Waals surface area contributed by atoms with Crippen LogP contribution in [0.1, 0.15) is 6.42 Å². The molecule has 0 unspecified atom stereocenters. The minimum absolute atomic E-state index is 0.530. The summed E-state index contributed by atoms with van der Waals surface area (Å²) in [7, 11) is -2.92. The largest absolute Gasteiger partial charge is 0.437 e. The van der Waals surface area contributed by atoms with Crippen LogP contribution in [0.25, 0.3) is 0 Å². The zero-order chi connectivity index (χ0) is 13.4. The summed E-state index contributed by atoms with van der Waals surface area (Å²) in [6.07, 6.45) is 1.16. The van der Waals surface area contributed by atoms with Gasteiger partial charge in [0.25, 0.3) is 0 Å². The molecule has 3 N–H and O–H groups in total. The van der Waals surface area contributed by atoms with Gasteiger partial charge in [-0.05, 0) is 51.7 Å². The Morgan fingerprint density at radius 3 is 2.35 bits per heavy atom. The number of hydrogen-bond acceptors (Lipinski definition) is 4. The fourth-order valence-electron chi connectivity index (χ4n) is 1.85. The molecule has 7 heteroatoms. The lowest BCUT2D eigenvalue weighted by atomic mass is 10.5. The van der Waals surface area contributed by atoms with Crippen molar-refractivity contribution in [1.82, 2.24) is 5.32 Å². The van der Waals surface area contributed by atoms with E-state index in [1.54, 1.807) is 0 Å². The van der Waals surface area contributed by atoms with Gasteiger partial charge in [0.2, 0.25) is 9.76 Å². The second kappa shape index (κ2) is 8.57. The summed E-state index contributed by atoms with van der Waals surface area (Å²) < 4.78 is 12.0. The van der Waals surface area contributed by atoms with Crippen molar-refractivity contribution in [3.8, 4) is 0 Å². The third kappa shape index (κ3) is 10.1. The molecule has 0 aromatic rings. The maximum atomic E-state index is 6.28. The Morgan fingerprint density at radius 2 is 1.82 bits per heavy atom. The lowest BCUT2D eigenvalue weighted by Crippen LogP contribution is -2.47. The molecule has 17 heavy (non-hydrogen) atoms. The van der Waals surface area contributed by atoms with Crippen molar-refractivity contribution >= 4 is 26.6 Å². The van der Waals surface area contributed by atoms with Gasteiger partial charge in [0.05, 0.1) is 0 Å². The highest BCUT2D eigenvalue weighted by Crippen LogP contribution is 2.20. The molecule has 0 heterocycles. The fraction of sp³-hybridized carbons (Fsp3) is 1.00. The second-order valence-corrected chi connectivity index (χ2v) is 14.1. The van der Waals surface area contributed by atoms with Gasteiger partial charge in [0, 0.05) is 13.1 Å². The van der Waals surface area contributed by atoms with Gasteiger partial charge in [0.15, 0.2) is 8.32 Å². The summed E-state index contributed by atoms with van der Waals surface area (Å²) in [5.74, 6) is 0. The van der Waals surface area contributed by atoms with E-state index in [1.165, 1.54) is 6.04 Å². The molecule has 0 aromatic heterocycles. The molecule has 2 radical (unpaired) electrons. The Morgan fingerprint density at radius 1 is 1.18 bits per heavy atom. The Labute approximate surface area is 111 Å². The smallest absolute Gasteiger partial charge is 0.310 e. The van der Waals surface area contributed by atoms with Gasteiger partial charge >= 0.3 is 8.56 Å². The third-order valence-electron chi connectivity index (χ3n) is 2.32. The fourth-order valence-corrected chi connectivity index (χ4v) is 11.1. The van der Waals surface area contributed by atoms with Crippen LogP contribution in [0.4, 0.5) is 0 Å². The van der Waals surface area contributed by atoms with Crippen molar-refractivity contribution in [3.63, 3.8) is 0 Å². The Balaban J connectivity index is 3.86. The molecule has 0 saturated carbocycles. The highest BCUT2D eigenvalue weighted by Gasteiger charge is 2.33. The zero-order valence-electron chi connectivity index (χ0n) is 11.9. The monoisotopic (exact) mass is 292 g/mol. The minimum atomic E-state index is -1.88. The standard InChI is InChI=1S/C10H28N2O2Si3/c1-15-13-17(4,5)14-16(2,3)10-6-8-12-9-7-11/h12H,6-11H2,1-5H3. The van der Waals surface area contributed by atoms with Crippen LogP contribution in [0, 0.1) is 0 Å². The first-order valence-corrected chi connectivity index (χ1v) is 13.6. The predicted octanol–water partition coefficient (Wildman–Crippen LogP) is 1.53. The van der Waals surface area contributed by atoms with Gasteiger partial charge < -0.3 is 19.3 Å². The molecule has 0 aliphatic rings. The minimum Gasteiger partial charge on any atom is -0.437 e. The summed E-state index contributed by atoms with van der Waals surface area (Å²) in [5.41, 5.74) is 5.42. The first-order valence-electron chi connectivity index (χ1n) is 6.29. The van der Waals surface area contributed by atoms with Crippen LogP contribution in [-0.2, 0) is 8.23 Å². The Kier molecular flexibility index (Phi) is 8.82. The molecule has 0 amide bonds. The zero-order valence-corrected chi connectivity index (χ0v) is 14.9. The van der Waals surface area contributed by atoms with Gasteiger partial charge in [-0.1, -0.05) is 0 Å². The molecule has 0 bridgehead atoms. The number of hydrogen-bond donors (Lipinski definition) is 2. The van der Waals surface area contributed by atoms with E-state index in [0.717, 1.165) is 19.5 Å². The van der Waals surface area contributed by atoms with Crippen molar-refractivity contribution in [2.24, 2.45) is 5.73 Å². The van der Waals surface area contributed by atoms with Crippen LogP contribution in [-0.4, -0.2) is 46.3 Å². The van der Waals surface area contributed by atoms with E-state index in [-0.39, 0.29) is 0 Å². The Hall–Kier alpha value is 0.491. The third-order valence-corrected chi connectivity index (χ3v) is 10.8. The number of rotatable bonds is 10. The van der Waals surface area contributed by atoms with E-state index in [0.29, 0.717) is 16.3 Å². The van der Waals surface area contributed by atoms with E-state index in [1.807, 2.05) is 0 Å².